The molecule has 3 heterocycles. The van der Waals surface area contributed by atoms with Crippen molar-refractivity contribution < 1.29 is 9.53 Å². The molecule has 0 radical (unpaired) electrons. The first kappa shape index (κ1) is 14.6. The summed E-state index contributed by atoms with van der Waals surface area (Å²) in [7, 11) is 0. The Hall–Kier alpha value is -2.34. The maximum absolute atomic E-state index is 12.6. The van der Waals surface area contributed by atoms with Crippen LogP contribution in [0.1, 0.15) is 22.5 Å². The zero-order chi connectivity index (χ0) is 15.2. The Bertz CT molecular complexity index is 606. The molecular weight excluding hydrogens is 280 g/mol. The predicted molar refractivity (Wildman–Crippen MR) is 80.2 cm³/mol. The summed E-state index contributed by atoms with van der Waals surface area (Å²) in [4.78, 5) is 26.8. The van der Waals surface area contributed by atoms with Crippen molar-refractivity contribution in [2.75, 3.05) is 19.8 Å². The third-order valence-corrected chi connectivity index (χ3v) is 3.77. The summed E-state index contributed by atoms with van der Waals surface area (Å²) < 4.78 is 5.54. The number of rotatable bonds is 4. The standard InChI is InChI=1S/C16H18N4O2/c21-16(13-3-5-17-6-4-13)20-9-10-22-12-15(20)2-1-14-11-18-7-8-19-14/h3-8,11,15H,1-2,9-10,12H2/t15-/m0/s1. The Morgan fingerprint density at radius 1 is 1.23 bits per heavy atom. The smallest absolute Gasteiger partial charge is 0.254 e. The van der Waals surface area contributed by atoms with Crippen molar-refractivity contribution >= 4 is 5.91 Å². The zero-order valence-electron chi connectivity index (χ0n) is 12.3. The molecule has 0 N–H and O–H groups in total. The molecular formula is C16H18N4O2. The molecule has 114 valence electrons. The van der Waals surface area contributed by atoms with Gasteiger partial charge in [-0.25, -0.2) is 0 Å². The molecule has 22 heavy (non-hydrogen) atoms. The predicted octanol–water partition coefficient (Wildman–Crippen LogP) is 1.35. The van der Waals surface area contributed by atoms with Crippen LogP contribution in [0.25, 0.3) is 0 Å². The maximum Gasteiger partial charge on any atom is 0.254 e. The Morgan fingerprint density at radius 2 is 2.09 bits per heavy atom. The first-order valence-electron chi connectivity index (χ1n) is 7.38. The van der Waals surface area contributed by atoms with E-state index in [-0.39, 0.29) is 11.9 Å². The van der Waals surface area contributed by atoms with Gasteiger partial charge in [-0.05, 0) is 25.0 Å². The lowest BCUT2D eigenvalue weighted by Crippen LogP contribution is -2.48. The fourth-order valence-corrected chi connectivity index (χ4v) is 2.60. The summed E-state index contributed by atoms with van der Waals surface area (Å²) >= 11 is 0. The molecule has 0 saturated carbocycles. The quantitative estimate of drug-likeness (QED) is 0.852. The van der Waals surface area contributed by atoms with Crippen LogP contribution in [0.3, 0.4) is 0 Å². The van der Waals surface area contributed by atoms with Gasteiger partial charge >= 0.3 is 0 Å². The van der Waals surface area contributed by atoms with Crippen LogP contribution in [-0.2, 0) is 11.2 Å². The van der Waals surface area contributed by atoms with Crippen molar-refractivity contribution in [2.45, 2.75) is 18.9 Å². The minimum atomic E-state index is 0.0369. The average molecular weight is 298 g/mol. The lowest BCUT2D eigenvalue weighted by Gasteiger charge is -2.35. The van der Waals surface area contributed by atoms with E-state index in [0.29, 0.717) is 25.3 Å². The molecule has 1 saturated heterocycles. The van der Waals surface area contributed by atoms with E-state index < -0.39 is 0 Å². The third-order valence-electron chi connectivity index (χ3n) is 3.77. The minimum Gasteiger partial charge on any atom is -0.377 e. The summed E-state index contributed by atoms with van der Waals surface area (Å²) in [6, 6.07) is 3.56. The number of nitrogens with zero attached hydrogens (tertiary/aromatic N) is 4. The van der Waals surface area contributed by atoms with Gasteiger partial charge in [-0.2, -0.15) is 0 Å². The lowest BCUT2D eigenvalue weighted by molar-refractivity contribution is -0.00413. The highest BCUT2D eigenvalue weighted by molar-refractivity contribution is 5.94. The molecule has 1 aliphatic rings. The van der Waals surface area contributed by atoms with Gasteiger partial charge in [-0.15, -0.1) is 0 Å². The van der Waals surface area contributed by atoms with E-state index in [1.807, 2.05) is 4.90 Å². The summed E-state index contributed by atoms with van der Waals surface area (Å²) in [5, 5.41) is 0. The molecule has 0 bridgehead atoms. The van der Waals surface area contributed by atoms with Gasteiger partial charge in [0.1, 0.15) is 0 Å². The molecule has 0 spiro atoms. The molecule has 1 fully saturated rings. The van der Waals surface area contributed by atoms with E-state index >= 15 is 0 Å². The zero-order valence-corrected chi connectivity index (χ0v) is 12.3. The Kier molecular flexibility index (Phi) is 4.70. The van der Waals surface area contributed by atoms with Crippen LogP contribution in [0.2, 0.25) is 0 Å². The number of carbonyl (C=O) groups excluding carboxylic acids is 1. The van der Waals surface area contributed by atoms with Gasteiger partial charge < -0.3 is 9.64 Å². The van der Waals surface area contributed by atoms with Crippen molar-refractivity contribution in [1.82, 2.24) is 19.9 Å². The van der Waals surface area contributed by atoms with Gasteiger partial charge in [0.05, 0.1) is 24.9 Å². The topological polar surface area (TPSA) is 68.2 Å². The van der Waals surface area contributed by atoms with Crippen LogP contribution in [0, 0.1) is 0 Å². The third kappa shape index (κ3) is 3.46. The van der Waals surface area contributed by atoms with Gasteiger partial charge in [0.25, 0.3) is 5.91 Å². The van der Waals surface area contributed by atoms with Crippen molar-refractivity contribution in [2.24, 2.45) is 0 Å². The monoisotopic (exact) mass is 298 g/mol. The van der Waals surface area contributed by atoms with Crippen LogP contribution in [0.15, 0.2) is 43.1 Å². The first-order valence-corrected chi connectivity index (χ1v) is 7.38. The largest absolute Gasteiger partial charge is 0.377 e. The van der Waals surface area contributed by atoms with E-state index in [9.17, 15) is 4.79 Å². The van der Waals surface area contributed by atoms with Gasteiger partial charge in [-0.3, -0.25) is 19.7 Å². The normalized spacial score (nSPS) is 18.2. The molecule has 1 amide bonds. The van der Waals surface area contributed by atoms with E-state index in [1.165, 1.54) is 0 Å². The Morgan fingerprint density at radius 3 is 2.86 bits per heavy atom. The molecule has 1 atom stereocenters. The molecule has 2 aromatic heterocycles. The molecule has 0 unspecified atom stereocenters. The number of amides is 1. The van der Waals surface area contributed by atoms with E-state index in [1.54, 1.807) is 43.1 Å². The molecule has 0 aliphatic carbocycles. The first-order chi connectivity index (χ1) is 10.8. The number of hydrogen-bond acceptors (Lipinski definition) is 5. The van der Waals surface area contributed by atoms with Gasteiger partial charge in [-0.1, -0.05) is 0 Å². The van der Waals surface area contributed by atoms with Crippen LogP contribution in [0.4, 0.5) is 0 Å². The number of pyridine rings is 1. The minimum absolute atomic E-state index is 0.0369. The van der Waals surface area contributed by atoms with Crippen molar-refractivity contribution in [1.29, 1.82) is 0 Å². The second-order valence-corrected chi connectivity index (χ2v) is 5.20. The van der Waals surface area contributed by atoms with Crippen molar-refractivity contribution in [3.8, 4) is 0 Å². The molecule has 6 nitrogen and oxygen atoms in total. The highest BCUT2D eigenvalue weighted by atomic mass is 16.5. The number of aryl methyl sites for hydroxylation is 1. The Labute approximate surface area is 129 Å². The fraction of sp³-hybridized carbons (Fsp3) is 0.375. The fourth-order valence-electron chi connectivity index (χ4n) is 2.60. The number of morpholine rings is 1. The average Bonchev–Trinajstić information content (AvgIpc) is 2.61. The van der Waals surface area contributed by atoms with E-state index in [0.717, 1.165) is 18.5 Å². The van der Waals surface area contributed by atoms with Crippen LogP contribution in [-0.4, -0.2) is 51.6 Å². The van der Waals surface area contributed by atoms with Gasteiger partial charge in [0.2, 0.25) is 0 Å². The van der Waals surface area contributed by atoms with Crippen molar-refractivity contribution in [3.05, 3.63) is 54.4 Å². The Balaban J connectivity index is 1.67. The molecule has 6 heteroatoms. The number of hydrogen-bond donors (Lipinski definition) is 0. The highest BCUT2D eigenvalue weighted by Gasteiger charge is 2.27. The number of ether oxygens (including phenoxy) is 1. The van der Waals surface area contributed by atoms with Crippen LogP contribution in [0.5, 0.6) is 0 Å². The summed E-state index contributed by atoms with van der Waals surface area (Å²) in [5.74, 6) is 0.0369. The number of carbonyl (C=O) groups is 1. The summed E-state index contributed by atoms with van der Waals surface area (Å²) in [6.45, 7) is 1.77. The van der Waals surface area contributed by atoms with Gasteiger partial charge in [0.15, 0.2) is 0 Å². The summed E-state index contributed by atoms with van der Waals surface area (Å²) in [5.41, 5.74) is 1.60. The lowest BCUT2D eigenvalue weighted by atomic mass is 10.1. The molecule has 1 aliphatic heterocycles. The highest BCUT2D eigenvalue weighted by Crippen LogP contribution is 2.16. The molecule has 2 aromatic rings. The van der Waals surface area contributed by atoms with Crippen LogP contribution < -0.4 is 0 Å². The maximum atomic E-state index is 12.6. The SMILES string of the molecule is O=C(c1ccncc1)N1CCOC[C@@H]1CCc1cnccn1. The molecule has 0 aromatic carbocycles. The second kappa shape index (κ2) is 7.09. The van der Waals surface area contributed by atoms with Crippen LogP contribution >= 0.6 is 0 Å². The van der Waals surface area contributed by atoms with Gasteiger partial charge in [0, 0.05) is 43.1 Å². The van der Waals surface area contributed by atoms with E-state index in [4.69, 9.17) is 4.74 Å². The number of aromatic nitrogens is 3. The van der Waals surface area contributed by atoms with Crippen molar-refractivity contribution in [3.63, 3.8) is 0 Å². The molecule has 3 rings (SSSR count). The van der Waals surface area contributed by atoms with E-state index in [2.05, 4.69) is 15.0 Å². The second-order valence-electron chi connectivity index (χ2n) is 5.20. The summed E-state index contributed by atoms with van der Waals surface area (Å²) in [6.07, 6.45) is 9.99.